The van der Waals surface area contributed by atoms with Crippen molar-refractivity contribution in [2.45, 2.75) is 49.7 Å². The van der Waals surface area contributed by atoms with Gasteiger partial charge in [-0.25, -0.2) is 9.59 Å². The van der Waals surface area contributed by atoms with E-state index < -0.39 is 71.8 Å². The normalized spacial score (nSPS) is 25.4. The van der Waals surface area contributed by atoms with Crippen molar-refractivity contribution in [2.75, 3.05) is 0 Å². The Kier molecular flexibility index (Phi) is 7.67. The van der Waals surface area contributed by atoms with Gasteiger partial charge in [0.2, 0.25) is 5.91 Å². The average Bonchev–Trinajstić information content (AvgIpc) is 3.10. The number of amides is 1. The van der Waals surface area contributed by atoms with Crippen LogP contribution in [0.3, 0.4) is 0 Å². The minimum Gasteiger partial charge on any atom is -0.506 e. The average molecular weight is 495 g/mol. The molecule has 1 amide bonds. The Labute approximate surface area is 196 Å². The van der Waals surface area contributed by atoms with Gasteiger partial charge >= 0.3 is 11.7 Å². The molecule has 0 bridgehead atoms. The van der Waals surface area contributed by atoms with E-state index in [4.69, 9.17) is 10.5 Å². The molecular formula is C20H25N5O10. The van der Waals surface area contributed by atoms with Gasteiger partial charge in [-0.05, 0) is 12.1 Å². The zero-order valence-electron chi connectivity index (χ0n) is 18.3. The van der Waals surface area contributed by atoms with E-state index in [1.165, 1.54) is 19.1 Å². The molecule has 0 aliphatic carbocycles. The van der Waals surface area contributed by atoms with Gasteiger partial charge in [0.05, 0.1) is 17.9 Å². The first kappa shape index (κ1) is 26.0. The molecule has 1 aliphatic rings. The van der Waals surface area contributed by atoms with Crippen molar-refractivity contribution in [3.63, 3.8) is 0 Å². The summed E-state index contributed by atoms with van der Waals surface area (Å²) in [5.41, 5.74) is 4.33. The summed E-state index contributed by atoms with van der Waals surface area (Å²) >= 11 is 0. The van der Waals surface area contributed by atoms with Crippen LogP contribution >= 0.6 is 0 Å². The number of hydrogen-bond acceptors (Lipinski definition) is 11. The Bertz CT molecular complexity index is 1180. The molecule has 2 aromatic rings. The van der Waals surface area contributed by atoms with Crippen LogP contribution < -0.4 is 22.3 Å². The molecule has 9 N–H and O–H groups in total. The highest BCUT2D eigenvalue weighted by atomic mass is 16.6. The second-order valence-electron chi connectivity index (χ2n) is 8.09. The summed E-state index contributed by atoms with van der Waals surface area (Å²) in [6, 6.07) is 0.215. The number of nitrogens with zero attached hydrogens (tertiary/aromatic N) is 2. The van der Waals surface area contributed by atoms with Gasteiger partial charge in [0.15, 0.2) is 12.3 Å². The van der Waals surface area contributed by atoms with Gasteiger partial charge in [0, 0.05) is 18.2 Å². The summed E-state index contributed by atoms with van der Waals surface area (Å²) in [6.07, 6.45) is -6.15. The first-order valence-electron chi connectivity index (χ1n) is 10.4. The Morgan fingerprint density at radius 1 is 1.23 bits per heavy atom. The van der Waals surface area contributed by atoms with E-state index >= 15 is 0 Å². The molecule has 1 fully saturated rings. The summed E-state index contributed by atoms with van der Waals surface area (Å²) in [5, 5.41) is 52.3. The predicted octanol–water partition coefficient (Wildman–Crippen LogP) is -3.48. The molecule has 35 heavy (non-hydrogen) atoms. The van der Waals surface area contributed by atoms with Crippen LogP contribution in [0.1, 0.15) is 24.9 Å². The molecule has 1 aliphatic heterocycles. The van der Waals surface area contributed by atoms with Crippen LogP contribution in [0.5, 0.6) is 5.75 Å². The molecule has 190 valence electrons. The highest BCUT2D eigenvalue weighted by molar-refractivity contribution is 5.87. The molecule has 1 unspecified atom stereocenters. The summed E-state index contributed by atoms with van der Waals surface area (Å²) < 4.78 is 6.16. The van der Waals surface area contributed by atoms with Crippen molar-refractivity contribution in [2.24, 2.45) is 11.7 Å². The summed E-state index contributed by atoms with van der Waals surface area (Å²) in [6.45, 7) is 1.42. The number of carboxylic acids is 1. The number of rotatable bonds is 8. The van der Waals surface area contributed by atoms with Gasteiger partial charge in [-0.3, -0.25) is 24.1 Å². The SMILES string of the molecule is C[C@@H]([C@H](N)C(=O)N[C@H](C(=O)O)[C@H]1OC(n2ccc(=O)[nH]c2=O)[C@H](O)[C@@H]1O)[C@H](O)c1ccc(O)cn1. The first-order valence-corrected chi connectivity index (χ1v) is 10.4. The van der Waals surface area contributed by atoms with Crippen LogP contribution in [0.2, 0.25) is 0 Å². The number of aromatic amines is 1. The van der Waals surface area contributed by atoms with E-state index in [9.17, 15) is 44.7 Å². The number of aliphatic hydroxyl groups is 3. The number of carbonyl (C=O) groups is 2. The summed E-state index contributed by atoms with van der Waals surface area (Å²) in [5.74, 6) is -3.75. The molecule has 15 nitrogen and oxygen atoms in total. The minimum absolute atomic E-state index is 0.111. The number of carbonyl (C=O) groups excluding carboxylic acids is 1. The Morgan fingerprint density at radius 3 is 2.49 bits per heavy atom. The third-order valence-electron chi connectivity index (χ3n) is 5.73. The van der Waals surface area contributed by atoms with Gasteiger partial charge in [0.1, 0.15) is 30.2 Å². The minimum atomic E-state index is -1.90. The molecule has 2 aromatic heterocycles. The van der Waals surface area contributed by atoms with Crippen LogP contribution in [-0.2, 0) is 14.3 Å². The van der Waals surface area contributed by atoms with Crippen molar-refractivity contribution in [3.8, 4) is 5.75 Å². The molecule has 0 saturated carbocycles. The number of H-pyrrole nitrogens is 1. The molecule has 8 atom stereocenters. The van der Waals surface area contributed by atoms with Crippen LogP contribution in [0.15, 0.2) is 40.2 Å². The highest BCUT2D eigenvalue weighted by Gasteiger charge is 2.50. The monoisotopic (exact) mass is 495 g/mol. The predicted molar refractivity (Wildman–Crippen MR) is 115 cm³/mol. The lowest BCUT2D eigenvalue weighted by molar-refractivity contribution is -0.149. The zero-order chi connectivity index (χ0) is 26.0. The van der Waals surface area contributed by atoms with Crippen molar-refractivity contribution in [1.29, 1.82) is 0 Å². The lowest BCUT2D eigenvalue weighted by atomic mass is 9.92. The van der Waals surface area contributed by atoms with Gasteiger partial charge in [0.25, 0.3) is 5.56 Å². The number of nitrogens with two attached hydrogens (primary N) is 1. The quantitative estimate of drug-likeness (QED) is 0.178. The van der Waals surface area contributed by atoms with Crippen LogP contribution in [0, 0.1) is 5.92 Å². The third-order valence-corrected chi connectivity index (χ3v) is 5.73. The zero-order valence-corrected chi connectivity index (χ0v) is 18.3. The van der Waals surface area contributed by atoms with Crippen molar-refractivity contribution < 1.29 is 39.9 Å². The lowest BCUT2D eigenvalue weighted by Crippen LogP contribution is -2.57. The number of aromatic nitrogens is 3. The molecule has 0 aromatic carbocycles. The van der Waals surface area contributed by atoms with Crippen molar-refractivity contribution >= 4 is 11.9 Å². The number of ether oxygens (including phenoxy) is 1. The van der Waals surface area contributed by atoms with Gasteiger partial charge < -0.3 is 41.3 Å². The smallest absolute Gasteiger partial charge is 0.330 e. The Hall–Kier alpha value is -3.63. The van der Waals surface area contributed by atoms with Crippen LogP contribution in [0.25, 0.3) is 0 Å². The lowest BCUT2D eigenvalue weighted by Gasteiger charge is -2.28. The molecule has 1 saturated heterocycles. The molecule has 0 radical (unpaired) electrons. The standard InChI is InChI=1S/C20H25N5O10/c1-7(13(28)9-3-2-8(26)6-22-9)11(21)17(31)24-12(19(32)33)16-14(29)15(30)18(35-16)25-5-4-10(27)23-20(25)34/h2-7,11-16,18,26,28-30H,21H2,1H3,(H,24,31)(H,32,33)(H,23,27,34)/t7-,11-,12-,13-,14-,15+,16+,18?/m0/s1. The number of hydrogen-bond donors (Lipinski definition) is 8. The van der Waals surface area contributed by atoms with E-state index in [2.05, 4.69) is 10.3 Å². The maximum absolute atomic E-state index is 12.7. The van der Waals surface area contributed by atoms with E-state index in [1.54, 1.807) is 0 Å². The fourth-order valence-corrected chi connectivity index (χ4v) is 3.63. The van der Waals surface area contributed by atoms with Crippen molar-refractivity contribution in [1.82, 2.24) is 19.9 Å². The van der Waals surface area contributed by atoms with Gasteiger partial charge in [-0.1, -0.05) is 6.92 Å². The maximum atomic E-state index is 12.7. The maximum Gasteiger partial charge on any atom is 0.330 e. The van der Waals surface area contributed by atoms with Gasteiger partial charge in [-0.15, -0.1) is 0 Å². The number of aliphatic carboxylic acids is 1. The number of pyridine rings is 1. The molecule has 15 heteroatoms. The topological polar surface area (TPSA) is 250 Å². The fourth-order valence-electron chi connectivity index (χ4n) is 3.63. The van der Waals surface area contributed by atoms with E-state index in [0.717, 1.165) is 23.0 Å². The fraction of sp³-hybridized carbons (Fsp3) is 0.450. The molecule has 3 heterocycles. The molecule has 3 rings (SSSR count). The molecule has 0 spiro atoms. The second kappa shape index (κ2) is 10.3. The summed E-state index contributed by atoms with van der Waals surface area (Å²) in [7, 11) is 0. The Morgan fingerprint density at radius 2 is 1.91 bits per heavy atom. The van der Waals surface area contributed by atoms with E-state index in [0.29, 0.717) is 0 Å². The number of carboxylic acid groups (broad SMARTS) is 1. The van der Waals surface area contributed by atoms with Crippen LogP contribution in [-0.4, -0.2) is 82.3 Å². The largest absolute Gasteiger partial charge is 0.506 e. The highest BCUT2D eigenvalue weighted by Crippen LogP contribution is 2.30. The number of nitrogens with one attached hydrogen (secondary N) is 2. The number of aliphatic hydroxyl groups excluding tert-OH is 3. The van der Waals surface area contributed by atoms with E-state index in [-0.39, 0.29) is 11.4 Å². The second-order valence-corrected chi connectivity index (χ2v) is 8.09. The Balaban J connectivity index is 1.76. The van der Waals surface area contributed by atoms with Crippen molar-refractivity contribution in [3.05, 3.63) is 57.1 Å². The van der Waals surface area contributed by atoms with Crippen LogP contribution in [0.4, 0.5) is 0 Å². The first-order chi connectivity index (χ1) is 16.4. The number of aromatic hydroxyl groups is 1. The molecular weight excluding hydrogens is 470 g/mol. The van der Waals surface area contributed by atoms with Gasteiger partial charge in [-0.2, -0.15) is 0 Å². The summed E-state index contributed by atoms with van der Waals surface area (Å²) in [4.78, 5) is 53.7. The van der Waals surface area contributed by atoms with E-state index in [1.807, 2.05) is 4.98 Å². The third kappa shape index (κ3) is 5.39.